The van der Waals surface area contributed by atoms with Crippen LogP contribution in [0.25, 0.3) is 0 Å². The number of rotatable bonds is 5. The summed E-state index contributed by atoms with van der Waals surface area (Å²) in [5.41, 5.74) is 1.69. The lowest BCUT2D eigenvalue weighted by molar-refractivity contribution is 0.341. The summed E-state index contributed by atoms with van der Waals surface area (Å²) in [5, 5.41) is 2.88. The van der Waals surface area contributed by atoms with Crippen LogP contribution in [0.15, 0.2) is 34.1 Å². The third-order valence-electron chi connectivity index (χ3n) is 3.41. The van der Waals surface area contributed by atoms with Crippen molar-refractivity contribution in [3.05, 3.63) is 40.3 Å². The van der Waals surface area contributed by atoms with Gasteiger partial charge in [0, 0.05) is 24.5 Å². The monoisotopic (exact) mass is 383 g/mol. The van der Waals surface area contributed by atoms with E-state index in [-0.39, 0.29) is 11.0 Å². The second kappa shape index (κ2) is 8.32. The van der Waals surface area contributed by atoms with Crippen molar-refractivity contribution < 1.29 is 13.2 Å². The lowest BCUT2D eigenvalue weighted by atomic mass is 10.0. The zero-order valence-corrected chi connectivity index (χ0v) is 15.9. The Hall–Kier alpha value is -1.84. The van der Waals surface area contributed by atoms with Crippen molar-refractivity contribution in [2.24, 2.45) is 4.36 Å². The predicted octanol–water partition coefficient (Wildman–Crippen LogP) is 3.48. The number of aromatic nitrogens is 1. The molecule has 1 unspecified atom stereocenters. The molecule has 0 aliphatic heterocycles. The number of nitrogens with zero attached hydrogens (tertiary/aromatic N) is 3. The minimum absolute atomic E-state index is 0.0525. The number of thiazole rings is 1. The fourth-order valence-corrected chi connectivity index (χ4v) is 3.42. The molecule has 0 radical (unpaired) electrons. The van der Waals surface area contributed by atoms with Crippen molar-refractivity contribution in [2.75, 3.05) is 18.6 Å². The summed E-state index contributed by atoms with van der Waals surface area (Å²) in [7, 11) is -0.935. The van der Waals surface area contributed by atoms with Gasteiger partial charge in [0.2, 0.25) is 5.11 Å². The Morgan fingerprint density at radius 2 is 2.25 bits per heavy atom. The topological polar surface area (TPSA) is 71.9 Å². The molecule has 0 aliphatic carbocycles. The highest BCUT2D eigenvalue weighted by atomic mass is 32.2. The van der Waals surface area contributed by atoms with Gasteiger partial charge in [-0.3, -0.25) is 0 Å². The van der Waals surface area contributed by atoms with E-state index < -0.39 is 10.5 Å². The molecule has 1 aromatic heterocycles. The fourth-order valence-electron chi connectivity index (χ4n) is 2.16. The molecule has 1 atom stereocenters. The van der Waals surface area contributed by atoms with E-state index in [2.05, 4.69) is 16.3 Å². The molecule has 0 N–H and O–H groups in total. The molecule has 0 bridgehead atoms. The lowest BCUT2D eigenvalue weighted by Crippen LogP contribution is -2.23. The fraction of sp³-hybridized carbons (Fsp3) is 0.333. The van der Waals surface area contributed by atoms with Crippen LogP contribution in [0.2, 0.25) is 0 Å². The maximum Gasteiger partial charge on any atom is 0.318 e. The van der Waals surface area contributed by atoms with Gasteiger partial charge in [0.1, 0.15) is 5.75 Å². The largest absolute Gasteiger partial charge is 0.492 e. The average molecular weight is 384 g/mol. The van der Waals surface area contributed by atoms with Crippen molar-refractivity contribution in [2.45, 2.75) is 19.8 Å². The van der Waals surface area contributed by atoms with Crippen molar-refractivity contribution in [3.8, 4) is 5.75 Å². The zero-order valence-electron chi connectivity index (χ0n) is 13.5. The molecule has 0 saturated carbocycles. The van der Waals surface area contributed by atoms with E-state index in [1.165, 1.54) is 4.90 Å². The molecule has 9 heteroatoms. The first kappa shape index (κ1) is 18.5. The molecular formula is C15H17N3O3S3. The summed E-state index contributed by atoms with van der Waals surface area (Å²) >= 11 is 6.66. The Kier molecular flexibility index (Phi) is 6.41. The van der Waals surface area contributed by atoms with Gasteiger partial charge in [-0.2, -0.15) is 8.42 Å². The van der Waals surface area contributed by atoms with E-state index in [1.54, 1.807) is 24.6 Å². The van der Waals surface area contributed by atoms with Crippen molar-refractivity contribution in [1.29, 1.82) is 0 Å². The summed E-state index contributed by atoms with van der Waals surface area (Å²) in [6.45, 7) is 4.43. The molecule has 128 valence electrons. The molecule has 0 saturated heterocycles. The number of hydrogen-bond donors (Lipinski definition) is 0. The Labute approximate surface area is 151 Å². The zero-order chi connectivity index (χ0) is 17.7. The van der Waals surface area contributed by atoms with Crippen LogP contribution in [0.1, 0.15) is 30.3 Å². The van der Waals surface area contributed by atoms with Crippen LogP contribution in [0.5, 0.6) is 5.75 Å². The van der Waals surface area contributed by atoms with Gasteiger partial charge in [0.05, 0.1) is 17.3 Å². The summed E-state index contributed by atoms with van der Waals surface area (Å²) in [6, 6.07) is 5.75. The molecule has 2 rings (SSSR count). The maximum absolute atomic E-state index is 10.8. The van der Waals surface area contributed by atoms with E-state index in [1.807, 2.05) is 30.5 Å². The number of ether oxygens (including phenoxy) is 1. The van der Waals surface area contributed by atoms with E-state index in [9.17, 15) is 8.42 Å². The Bertz CT molecular complexity index is 840. The molecule has 0 aliphatic rings. The third kappa shape index (κ3) is 4.37. The first-order chi connectivity index (χ1) is 11.4. The molecule has 0 fully saturated rings. The molecule has 24 heavy (non-hydrogen) atoms. The quantitative estimate of drug-likeness (QED) is 0.736. The summed E-state index contributed by atoms with van der Waals surface area (Å²) in [6.07, 6.45) is 1.77. The van der Waals surface area contributed by atoms with Crippen molar-refractivity contribution in [1.82, 2.24) is 4.98 Å². The minimum atomic E-state index is -2.60. The number of hydrogen-bond acceptors (Lipinski definition) is 6. The summed E-state index contributed by atoms with van der Waals surface area (Å²) in [5.74, 6) is 0.719. The van der Waals surface area contributed by atoms with Crippen LogP contribution >= 0.6 is 23.6 Å². The molecule has 1 heterocycles. The predicted molar refractivity (Wildman–Crippen MR) is 99.6 cm³/mol. The SMILES string of the molecule is CCOc1ccc(C(C)c2nccs2)cc1N(C)C(=S)N=S(=O)=O. The first-order valence-corrected chi connectivity index (χ1v) is 9.51. The molecule has 0 spiro atoms. The summed E-state index contributed by atoms with van der Waals surface area (Å²) in [4.78, 5) is 5.87. The maximum atomic E-state index is 10.8. The smallest absolute Gasteiger partial charge is 0.318 e. The van der Waals surface area contributed by atoms with Gasteiger partial charge in [0.25, 0.3) is 0 Å². The first-order valence-electron chi connectivity index (χ1n) is 7.19. The minimum Gasteiger partial charge on any atom is -0.492 e. The number of anilines is 1. The van der Waals surface area contributed by atoms with Crippen LogP contribution in [0.3, 0.4) is 0 Å². The van der Waals surface area contributed by atoms with Crippen LogP contribution in [-0.4, -0.2) is 32.2 Å². The lowest BCUT2D eigenvalue weighted by Gasteiger charge is -2.22. The average Bonchev–Trinajstić information content (AvgIpc) is 3.08. The Morgan fingerprint density at radius 3 is 2.83 bits per heavy atom. The van der Waals surface area contributed by atoms with Gasteiger partial charge >= 0.3 is 10.5 Å². The van der Waals surface area contributed by atoms with Gasteiger partial charge in [-0.1, -0.05) is 13.0 Å². The highest BCUT2D eigenvalue weighted by molar-refractivity contribution is 7.81. The second-order valence-electron chi connectivity index (χ2n) is 4.90. The standard InChI is InChI=1S/C15H17N3O3S3/c1-4-21-13-6-5-11(10(2)14-16-7-8-23-14)9-12(13)18(3)15(22)17-24(19)20/h5-10H,4H2,1-3H3. The van der Waals surface area contributed by atoms with Crippen molar-refractivity contribution >= 4 is 44.9 Å². The van der Waals surface area contributed by atoms with Crippen molar-refractivity contribution in [3.63, 3.8) is 0 Å². The third-order valence-corrected chi connectivity index (χ3v) is 5.17. The van der Waals surface area contributed by atoms with Crippen LogP contribution in [0, 0.1) is 0 Å². The van der Waals surface area contributed by atoms with Gasteiger partial charge in [0.15, 0.2) is 0 Å². The van der Waals surface area contributed by atoms with E-state index >= 15 is 0 Å². The van der Waals surface area contributed by atoms with Gasteiger partial charge < -0.3 is 9.64 Å². The van der Waals surface area contributed by atoms with Crippen LogP contribution in [-0.2, 0) is 10.5 Å². The highest BCUT2D eigenvalue weighted by Gasteiger charge is 2.17. The van der Waals surface area contributed by atoms with E-state index in [0.717, 1.165) is 10.6 Å². The van der Waals surface area contributed by atoms with E-state index in [0.29, 0.717) is 18.0 Å². The highest BCUT2D eigenvalue weighted by Crippen LogP contribution is 2.34. The molecule has 6 nitrogen and oxygen atoms in total. The molecule has 2 aromatic rings. The number of thiocarbonyl (C=S) groups is 1. The van der Waals surface area contributed by atoms with Gasteiger partial charge in [-0.15, -0.1) is 15.7 Å². The second-order valence-corrected chi connectivity index (χ2v) is 6.81. The molecule has 1 aromatic carbocycles. The number of benzene rings is 1. The van der Waals surface area contributed by atoms with Crippen LogP contribution < -0.4 is 9.64 Å². The van der Waals surface area contributed by atoms with Gasteiger partial charge in [-0.25, -0.2) is 4.98 Å². The molecule has 0 amide bonds. The Balaban J connectivity index is 2.44. The van der Waals surface area contributed by atoms with Gasteiger partial charge in [-0.05, 0) is 36.8 Å². The van der Waals surface area contributed by atoms with Crippen LogP contribution in [0.4, 0.5) is 5.69 Å². The normalized spacial score (nSPS) is 11.6. The van der Waals surface area contributed by atoms with E-state index in [4.69, 9.17) is 17.0 Å². The Morgan fingerprint density at radius 1 is 1.50 bits per heavy atom. The summed E-state index contributed by atoms with van der Waals surface area (Å²) < 4.78 is 30.6. The molecular weight excluding hydrogens is 366 g/mol.